The lowest BCUT2D eigenvalue weighted by Gasteiger charge is -2.14. The maximum atomic E-state index is 12.7. The summed E-state index contributed by atoms with van der Waals surface area (Å²) in [5, 5.41) is 10.3. The number of hydrogen-bond donors (Lipinski definition) is 0. The van der Waals surface area contributed by atoms with Crippen LogP contribution in [0, 0.1) is 16.0 Å². The van der Waals surface area contributed by atoms with Crippen molar-refractivity contribution in [2.75, 3.05) is 0 Å². The van der Waals surface area contributed by atoms with E-state index >= 15 is 0 Å². The van der Waals surface area contributed by atoms with Crippen molar-refractivity contribution < 1.29 is 18.1 Å². The molecule has 0 fully saturated rings. The van der Waals surface area contributed by atoms with Gasteiger partial charge in [0.2, 0.25) is 0 Å². The van der Waals surface area contributed by atoms with Crippen LogP contribution >= 0.6 is 11.6 Å². The van der Waals surface area contributed by atoms with Gasteiger partial charge in [-0.15, -0.1) is 11.6 Å². The summed E-state index contributed by atoms with van der Waals surface area (Å²) in [6.45, 7) is 3.71. The van der Waals surface area contributed by atoms with E-state index in [4.69, 9.17) is 11.6 Å². The molecule has 0 amide bonds. The maximum Gasteiger partial charge on any atom is 0.423 e. The van der Waals surface area contributed by atoms with Crippen LogP contribution in [0.4, 0.5) is 18.9 Å². The van der Waals surface area contributed by atoms with Crippen LogP contribution in [0.25, 0.3) is 0 Å². The normalized spacial score (nSPS) is 13.6. The average Bonchev–Trinajstić information content (AvgIpc) is 2.27. The van der Waals surface area contributed by atoms with Crippen molar-refractivity contribution in [2.24, 2.45) is 5.92 Å². The number of rotatable bonds is 4. The summed E-state index contributed by atoms with van der Waals surface area (Å²) in [5.74, 6) is 0.103. The predicted molar refractivity (Wildman–Crippen MR) is 66.3 cm³/mol. The first-order chi connectivity index (χ1) is 8.62. The Kier molecular flexibility index (Phi) is 4.79. The fourth-order valence-electron chi connectivity index (χ4n) is 1.56. The third-order valence-corrected chi connectivity index (χ3v) is 3.38. The lowest BCUT2D eigenvalue weighted by Crippen LogP contribution is -2.13. The van der Waals surface area contributed by atoms with Gasteiger partial charge in [-0.3, -0.25) is 10.1 Å². The van der Waals surface area contributed by atoms with Crippen LogP contribution in [-0.4, -0.2) is 10.3 Å². The van der Waals surface area contributed by atoms with Gasteiger partial charge in [0.1, 0.15) is 5.56 Å². The van der Waals surface area contributed by atoms with E-state index in [-0.39, 0.29) is 17.7 Å². The Hall–Kier alpha value is -1.30. The molecule has 1 aromatic carbocycles. The second-order valence-corrected chi connectivity index (χ2v) is 5.13. The van der Waals surface area contributed by atoms with Crippen LogP contribution in [0.15, 0.2) is 18.2 Å². The zero-order chi connectivity index (χ0) is 14.8. The monoisotopic (exact) mass is 295 g/mol. The number of nitro benzene ring substituents is 1. The van der Waals surface area contributed by atoms with Gasteiger partial charge in [0.05, 0.1) is 4.92 Å². The molecule has 0 radical (unpaired) electrons. The minimum absolute atomic E-state index is 0.103. The van der Waals surface area contributed by atoms with Gasteiger partial charge in [0, 0.05) is 11.4 Å². The van der Waals surface area contributed by atoms with E-state index in [0.29, 0.717) is 5.56 Å². The topological polar surface area (TPSA) is 43.1 Å². The molecule has 3 nitrogen and oxygen atoms in total. The average molecular weight is 296 g/mol. The molecule has 0 saturated heterocycles. The van der Waals surface area contributed by atoms with Crippen LogP contribution in [0.3, 0.4) is 0 Å². The fraction of sp³-hybridized carbons (Fsp3) is 0.500. The zero-order valence-electron chi connectivity index (χ0n) is 10.4. The summed E-state index contributed by atoms with van der Waals surface area (Å²) in [4.78, 5) is 9.56. The highest BCUT2D eigenvalue weighted by molar-refractivity contribution is 6.20. The van der Waals surface area contributed by atoms with Gasteiger partial charge in [0.15, 0.2) is 0 Å². The van der Waals surface area contributed by atoms with Gasteiger partial charge in [-0.25, -0.2) is 0 Å². The molecule has 0 aromatic heterocycles. The van der Waals surface area contributed by atoms with Crippen molar-refractivity contribution >= 4 is 17.3 Å². The summed E-state index contributed by atoms with van der Waals surface area (Å²) >= 11 is 6.00. The first-order valence-electron chi connectivity index (χ1n) is 5.61. The SMILES string of the molecule is CC(C)C(Cl)Cc1ccc([N+](=O)[O-])c(C(F)(F)F)c1. The van der Waals surface area contributed by atoms with Crippen LogP contribution < -0.4 is 0 Å². The molecule has 1 rings (SSSR count). The largest absolute Gasteiger partial charge is 0.423 e. The third-order valence-electron chi connectivity index (χ3n) is 2.72. The zero-order valence-corrected chi connectivity index (χ0v) is 11.1. The van der Waals surface area contributed by atoms with Crippen molar-refractivity contribution in [3.05, 3.63) is 39.4 Å². The second kappa shape index (κ2) is 5.77. The highest BCUT2D eigenvalue weighted by atomic mass is 35.5. The molecule has 1 atom stereocenters. The van der Waals surface area contributed by atoms with Gasteiger partial charge in [-0.05, 0) is 24.0 Å². The number of nitrogens with zero attached hydrogens (tertiary/aromatic N) is 1. The number of alkyl halides is 4. The lowest BCUT2D eigenvalue weighted by molar-refractivity contribution is -0.388. The van der Waals surface area contributed by atoms with Crippen LogP contribution in [0.5, 0.6) is 0 Å². The van der Waals surface area contributed by atoms with Crippen molar-refractivity contribution in [3.8, 4) is 0 Å². The molecule has 0 saturated carbocycles. The maximum absolute atomic E-state index is 12.7. The van der Waals surface area contributed by atoms with Gasteiger partial charge in [0.25, 0.3) is 5.69 Å². The summed E-state index contributed by atoms with van der Waals surface area (Å²) in [6, 6.07) is 2.99. The van der Waals surface area contributed by atoms with Gasteiger partial charge < -0.3 is 0 Å². The quantitative estimate of drug-likeness (QED) is 0.469. The Labute approximate surface area is 113 Å². The summed E-state index contributed by atoms with van der Waals surface area (Å²) in [6.07, 6.45) is -4.52. The minimum Gasteiger partial charge on any atom is -0.258 e. The highest BCUT2D eigenvalue weighted by Gasteiger charge is 2.38. The van der Waals surface area contributed by atoms with Crippen molar-refractivity contribution in [3.63, 3.8) is 0 Å². The van der Waals surface area contributed by atoms with E-state index in [9.17, 15) is 23.3 Å². The summed E-state index contributed by atoms with van der Waals surface area (Å²) < 4.78 is 38.2. The second-order valence-electron chi connectivity index (χ2n) is 4.57. The van der Waals surface area contributed by atoms with Crippen molar-refractivity contribution in [1.82, 2.24) is 0 Å². The summed E-state index contributed by atoms with van der Waals surface area (Å²) in [5.41, 5.74) is -1.83. The molecule has 0 spiro atoms. The number of benzene rings is 1. The van der Waals surface area contributed by atoms with Crippen LogP contribution in [-0.2, 0) is 12.6 Å². The molecule has 19 heavy (non-hydrogen) atoms. The molecule has 0 aliphatic carbocycles. The molecule has 0 aliphatic rings. The van der Waals surface area contributed by atoms with E-state index in [1.54, 1.807) is 0 Å². The van der Waals surface area contributed by atoms with Gasteiger partial charge in [-0.2, -0.15) is 13.2 Å². The number of hydrogen-bond acceptors (Lipinski definition) is 2. The van der Waals surface area contributed by atoms with Gasteiger partial charge in [-0.1, -0.05) is 19.9 Å². The number of halogens is 4. The molecule has 0 N–H and O–H groups in total. The molecule has 0 bridgehead atoms. The Morgan fingerprint density at radius 2 is 1.95 bits per heavy atom. The molecule has 106 valence electrons. The van der Waals surface area contributed by atoms with Crippen LogP contribution in [0.1, 0.15) is 25.0 Å². The highest BCUT2D eigenvalue weighted by Crippen LogP contribution is 2.37. The molecule has 0 heterocycles. The fourth-order valence-corrected chi connectivity index (χ4v) is 1.74. The van der Waals surface area contributed by atoms with Crippen LogP contribution in [0.2, 0.25) is 0 Å². The van der Waals surface area contributed by atoms with E-state index in [1.807, 2.05) is 13.8 Å². The van der Waals surface area contributed by atoms with Crippen molar-refractivity contribution in [1.29, 1.82) is 0 Å². The third kappa shape index (κ3) is 4.09. The number of nitro groups is 1. The molecule has 1 unspecified atom stereocenters. The molecular formula is C12H13ClF3NO2. The Bertz CT molecular complexity index is 475. The first kappa shape index (κ1) is 15.8. The van der Waals surface area contributed by atoms with E-state index in [0.717, 1.165) is 12.1 Å². The minimum atomic E-state index is -4.75. The molecule has 0 aliphatic heterocycles. The standard InChI is InChI=1S/C12H13ClF3NO2/c1-7(2)10(13)6-8-3-4-11(17(18)19)9(5-8)12(14,15)16/h3-5,7,10H,6H2,1-2H3. The first-order valence-corrected chi connectivity index (χ1v) is 6.05. The lowest BCUT2D eigenvalue weighted by atomic mass is 9.99. The Morgan fingerprint density at radius 3 is 2.37 bits per heavy atom. The van der Waals surface area contributed by atoms with Gasteiger partial charge >= 0.3 is 6.18 Å². The van der Waals surface area contributed by atoms with E-state index in [1.165, 1.54) is 6.07 Å². The Morgan fingerprint density at radius 1 is 1.37 bits per heavy atom. The Balaban J connectivity index is 3.16. The van der Waals surface area contributed by atoms with E-state index in [2.05, 4.69) is 0 Å². The molecule has 7 heteroatoms. The smallest absolute Gasteiger partial charge is 0.258 e. The summed E-state index contributed by atoms with van der Waals surface area (Å²) in [7, 11) is 0. The predicted octanol–water partition coefficient (Wildman–Crippen LogP) is 4.42. The van der Waals surface area contributed by atoms with Crippen molar-refractivity contribution in [2.45, 2.75) is 31.8 Å². The molecular weight excluding hydrogens is 283 g/mol. The van der Waals surface area contributed by atoms with E-state index < -0.39 is 22.4 Å². The molecule has 1 aromatic rings.